The maximum absolute atomic E-state index is 13.8. The third-order valence-corrected chi connectivity index (χ3v) is 5.59. The largest absolute Gasteiger partial charge is 0.340 e. The topological polar surface area (TPSA) is 53.7 Å². The maximum Gasteiger partial charge on any atom is 0.274 e. The fourth-order valence-electron chi connectivity index (χ4n) is 4.08. The smallest absolute Gasteiger partial charge is 0.274 e. The highest BCUT2D eigenvalue weighted by Crippen LogP contribution is 2.19. The lowest BCUT2D eigenvalue weighted by atomic mass is 9.97. The summed E-state index contributed by atoms with van der Waals surface area (Å²) >= 11 is 0. The number of rotatable bonds is 6. The average Bonchev–Trinajstić information content (AvgIpc) is 3.17. The molecule has 3 aromatic rings. The first kappa shape index (κ1) is 19.5. The van der Waals surface area contributed by atoms with Crippen LogP contribution in [0.5, 0.6) is 0 Å². The van der Waals surface area contributed by atoms with E-state index >= 15 is 0 Å². The van der Waals surface area contributed by atoms with Gasteiger partial charge in [0.05, 0.1) is 0 Å². The second-order valence-corrected chi connectivity index (χ2v) is 7.79. The highest BCUT2D eigenvalue weighted by molar-refractivity contribution is 5.93. The Labute approximate surface area is 170 Å². The number of carbonyl (C=O) groups excluding carboxylic acids is 1. The van der Waals surface area contributed by atoms with E-state index in [0.29, 0.717) is 30.2 Å². The molecule has 0 N–H and O–H groups in total. The fourth-order valence-corrected chi connectivity index (χ4v) is 4.08. The summed E-state index contributed by atoms with van der Waals surface area (Å²) in [5, 5.41) is 4.33. The van der Waals surface area contributed by atoms with Crippen molar-refractivity contribution < 1.29 is 9.18 Å². The van der Waals surface area contributed by atoms with Crippen LogP contribution in [0.15, 0.2) is 48.8 Å². The van der Waals surface area contributed by atoms with Gasteiger partial charge in [0.1, 0.15) is 5.82 Å². The maximum atomic E-state index is 13.8. The Morgan fingerprint density at radius 3 is 3.00 bits per heavy atom. The van der Waals surface area contributed by atoms with Crippen molar-refractivity contribution in [3.05, 3.63) is 65.9 Å². The van der Waals surface area contributed by atoms with E-state index in [1.165, 1.54) is 6.07 Å². The zero-order valence-electron chi connectivity index (χ0n) is 16.7. The lowest BCUT2D eigenvalue weighted by Gasteiger charge is -2.34. The van der Waals surface area contributed by atoms with Crippen molar-refractivity contribution in [2.24, 2.45) is 5.92 Å². The predicted octanol–water partition coefficient (Wildman–Crippen LogP) is 2.90. The monoisotopic (exact) mass is 395 g/mol. The summed E-state index contributed by atoms with van der Waals surface area (Å²) in [6.45, 7) is 3.49. The van der Waals surface area contributed by atoms with Gasteiger partial charge in [-0.2, -0.15) is 5.10 Å². The molecule has 6 nitrogen and oxygen atoms in total. The molecule has 1 aliphatic heterocycles. The lowest BCUT2D eigenvalue weighted by Crippen LogP contribution is -2.42. The van der Waals surface area contributed by atoms with Crippen molar-refractivity contribution in [1.82, 2.24) is 24.4 Å². The Kier molecular flexibility index (Phi) is 5.85. The van der Waals surface area contributed by atoms with Gasteiger partial charge in [-0.1, -0.05) is 18.2 Å². The van der Waals surface area contributed by atoms with E-state index in [9.17, 15) is 9.18 Å². The summed E-state index contributed by atoms with van der Waals surface area (Å²) in [7, 11) is 1.83. The molecule has 7 heteroatoms. The number of benzene rings is 1. The first-order valence-electron chi connectivity index (χ1n) is 10.1. The molecular formula is C22H26FN5O. The first-order chi connectivity index (χ1) is 14.1. The summed E-state index contributed by atoms with van der Waals surface area (Å²) in [5.74, 6) is 0.195. The van der Waals surface area contributed by atoms with E-state index in [0.717, 1.165) is 38.0 Å². The second kappa shape index (κ2) is 8.69. The van der Waals surface area contributed by atoms with Gasteiger partial charge < -0.3 is 9.80 Å². The third kappa shape index (κ3) is 4.62. The Morgan fingerprint density at radius 2 is 2.17 bits per heavy atom. The second-order valence-electron chi connectivity index (χ2n) is 7.79. The molecule has 1 saturated heterocycles. The molecule has 1 aromatic carbocycles. The standard InChI is InChI=1S/C22H26FN5O/c1-26(22(29)20-14-21-24-10-5-12-28(21)25-20)15-17-6-4-11-27(16-17)13-9-18-7-2-3-8-19(18)23/h2-3,5,7-8,10,12,14,17H,4,6,9,11,13,15-16H2,1H3/t17-/m1/s1. The van der Waals surface area contributed by atoms with Gasteiger partial charge in [0.15, 0.2) is 11.3 Å². The van der Waals surface area contributed by atoms with Gasteiger partial charge in [-0.15, -0.1) is 0 Å². The van der Waals surface area contributed by atoms with Crippen LogP contribution >= 0.6 is 0 Å². The van der Waals surface area contributed by atoms with Gasteiger partial charge in [0, 0.05) is 45.1 Å². The van der Waals surface area contributed by atoms with Crippen LogP contribution in [0.3, 0.4) is 0 Å². The van der Waals surface area contributed by atoms with Crippen molar-refractivity contribution in [2.45, 2.75) is 19.3 Å². The number of fused-ring (bicyclic) bond motifs is 1. The van der Waals surface area contributed by atoms with Gasteiger partial charge in [0.25, 0.3) is 5.91 Å². The minimum absolute atomic E-state index is 0.0843. The van der Waals surface area contributed by atoms with Crippen molar-refractivity contribution in [3.63, 3.8) is 0 Å². The average molecular weight is 395 g/mol. The highest BCUT2D eigenvalue weighted by Gasteiger charge is 2.24. The fraction of sp³-hybridized carbons (Fsp3) is 0.409. The molecule has 0 spiro atoms. The molecule has 0 unspecified atom stereocenters. The minimum Gasteiger partial charge on any atom is -0.340 e. The lowest BCUT2D eigenvalue weighted by molar-refractivity contribution is 0.0724. The number of nitrogens with zero attached hydrogens (tertiary/aromatic N) is 5. The SMILES string of the molecule is CN(C[C@H]1CCCN(CCc2ccccc2F)C1)C(=O)c1cc2ncccn2n1. The first-order valence-corrected chi connectivity index (χ1v) is 10.1. The highest BCUT2D eigenvalue weighted by atomic mass is 19.1. The zero-order valence-corrected chi connectivity index (χ0v) is 16.7. The molecule has 0 bridgehead atoms. The van der Waals surface area contributed by atoms with Gasteiger partial charge >= 0.3 is 0 Å². The molecule has 0 saturated carbocycles. The number of hydrogen-bond acceptors (Lipinski definition) is 4. The van der Waals surface area contributed by atoms with E-state index in [1.807, 2.05) is 19.2 Å². The number of hydrogen-bond donors (Lipinski definition) is 0. The van der Waals surface area contributed by atoms with Crippen LogP contribution in [0.25, 0.3) is 5.65 Å². The summed E-state index contributed by atoms with van der Waals surface area (Å²) in [6, 6.07) is 10.5. The quantitative estimate of drug-likeness (QED) is 0.644. The van der Waals surface area contributed by atoms with E-state index < -0.39 is 0 Å². The molecule has 152 valence electrons. The Hall–Kier alpha value is -2.80. The summed E-state index contributed by atoms with van der Waals surface area (Å²) in [5.41, 5.74) is 1.85. The predicted molar refractivity (Wildman–Crippen MR) is 109 cm³/mol. The molecule has 2 aromatic heterocycles. The zero-order chi connectivity index (χ0) is 20.2. The van der Waals surface area contributed by atoms with E-state index in [-0.39, 0.29) is 11.7 Å². The molecule has 3 heterocycles. The number of halogens is 1. The van der Waals surface area contributed by atoms with Crippen molar-refractivity contribution in [2.75, 3.05) is 33.2 Å². The molecule has 1 amide bonds. The van der Waals surface area contributed by atoms with Crippen molar-refractivity contribution >= 4 is 11.6 Å². The van der Waals surface area contributed by atoms with Crippen molar-refractivity contribution in [3.8, 4) is 0 Å². The summed E-state index contributed by atoms with van der Waals surface area (Å²) in [4.78, 5) is 21.1. The number of amides is 1. The molecule has 1 aliphatic rings. The molecule has 0 radical (unpaired) electrons. The van der Waals surface area contributed by atoms with Crippen LogP contribution in [0.4, 0.5) is 4.39 Å². The number of piperidine rings is 1. The Bertz CT molecular complexity index is 955. The van der Waals surface area contributed by atoms with Crippen LogP contribution in [-0.2, 0) is 6.42 Å². The van der Waals surface area contributed by atoms with Crippen LogP contribution < -0.4 is 0 Å². The molecule has 29 heavy (non-hydrogen) atoms. The number of carbonyl (C=O) groups is 1. The molecule has 1 atom stereocenters. The van der Waals surface area contributed by atoms with Crippen molar-refractivity contribution in [1.29, 1.82) is 0 Å². The van der Waals surface area contributed by atoms with Crippen LogP contribution in [0.1, 0.15) is 28.9 Å². The van der Waals surface area contributed by atoms with Gasteiger partial charge in [-0.05, 0) is 49.4 Å². The normalized spacial score (nSPS) is 17.5. The Morgan fingerprint density at radius 1 is 1.31 bits per heavy atom. The summed E-state index contributed by atoms with van der Waals surface area (Å²) < 4.78 is 15.5. The summed E-state index contributed by atoms with van der Waals surface area (Å²) in [6.07, 6.45) is 6.38. The van der Waals surface area contributed by atoms with Crippen LogP contribution in [0, 0.1) is 11.7 Å². The van der Waals surface area contributed by atoms with Gasteiger partial charge in [-0.3, -0.25) is 4.79 Å². The number of likely N-dealkylation sites (tertiary alicyclic amines) is 1. The molecule has 1 fully saturated rings. The molecular weight excluding hydrogens is 369 g/mol. The van der Waals surface area contributed by atoms with E-state index in [2.05, 4.69) is 15.0 Å². The van der Waals surface area contributed by atoms with Crippen LogP contribution in [-0.4, -0.2) is 63.5 Å². The van der Waals surface area contributed by atoms with E-state index in [1.54, 1.807) is 40.0 Å². The van der Waals surface area contributed by atoms with Gasteiger partial charge in [0.2, 0.25) is 0 Å². The Balaban J connectivity index is 1.32. The van der Waals surface area contributed by atoms with Crippen LogP contribution in [0.2, 0.25) is 0 Å². The third-order valence-electron chi connectivity index (χ3n) is 5.59. The molecule has 0 aliphatic carbocycles. The number of aromatic nitrogens is 3. The molecule has 4 rings (SSSR count). The van der Waals surface area contributed by atoms with E-state index in [4.69, 9.17) is 0 Å². The minimum atomic E-state index is -0.131. The van der Waals surface area contributed by atoms with Gasteiger partial charge in [-0.25, -0.2) is 13.9 Å².